The molecule has 25 heavy (non-hydrogen) atoms. The van der Waals surface area contributed by atoms with E-state index < -0.39 is 0 Å². The fourth-order valence-corrected chi connectivity index (χ4v) is 3.23. The third-order valence-electron chi connectivity index (χ3n) is 4.35. The first-order chi connectivity index (χ1) is 12.3. The smallest absolute Gasteiger partial charge is 0.370 e. The first-order valence-corrected chi connectivity index (χ1v) is 9.01. The summed E-state index contributed by atoms with van der Waals surface area (Å²) in [5.74, 6) is 1.48. The van der Waals surface area contributed by atoms with Gasteiger partial charge in [0.15, 0.2) is 0 Å². The lowest BCUT2D eigenvalue weighted by molar-refractivity contribution is -0.673. The van der Waals surface area contributed by atoms with Crippen LogP contribution in [-0.4, -0.2) is 17.8 Å². The Morgan fingerprint density at radius 2 is 2.12 bits per heavy atom. The molecule has 0 fully saturated rings. The monoisotopic (exact) mass is 350 g/mol. The first kappa shape index (κ1) is 16.0. The maximum atomic E-state index is 5.96. The second-order valence-corrected chi connectivity index (χ2v) is 6.51. The van der Waals surface area contributed by atoms with Crippen LogP contribution in [0.15, 0.2) is 59.3 Å². The van der Waals surface area contributed by atoms with E-state index in [-0.39, 0.29) is 0 Å². The van der Waals surface area contributed by atoms with Crippen molar-refractivity contribution < 1.29 is 8.98 Å². The summed E-state index contributed by atoms with van der Waals surface area (Å²) in [6.07, 6.45) is 9.19. The zero-order chi connectivity index (χ0) is 17.2. The van der Waals surface area contributed by atoms with Crippen molar-refractivity contribution in [3.8, 4) is 0 Å². The highest BCUT2D eigenvalue weighted by Crippen LogP contribution is 2.33. The first-order valence-electron chi connectivity index (χ1n) is 8.38. The summed E-state index contributed by atoms with van der Waals surface area (Å²) in [4.78, 5) is 6.81. The quantitative estimate of drug-likeness (QED) is 0.571. The van der Waals surface area contributed by atoms with Crippen LogP contribution in [0, 0.1) is 0 Å². The number of oxazole rings is 1. The van der Waals surface area contributed by atoms with Crippen LogP contribution < -0.4 is 9.47 Å². The molecule has 5 heteroatoms. The van der Waals surface area contributed by atoms with E-state index in [0.717, 1.165) is 35.5 Å². The molecule has 0 aliphatic carbocycles. The molecular formula is C20H20N3OS+. The van der Waals surface area contributed by atoms with Crippen LogP contribution in [0.2, 0.25) is 0 Å². The summed E-state index contributed by atoms with van der Waals surface area (Å²) in [6.45, 7) is 0.886. The number of rotatable bonds is 4. The van der Waals surface area contributed by atoms with Crippen molar-refractivity contribution >= 4 is 41.2 Å². The summed E-state index contributed by atoms with van der Waals surface area (Å²) in [5, 5.41) is 0. The van der Waals surface area contributed by atoms with Gasteiger partial charge in [-0.05, 0) is 42.0 Å². The van der Waals surface area contributed by atoms with E-state index in [9.17, 15) is 0 Å². The van der Waals surface area contributed by atoms with Gasteiger partial charge in [-0.25, -0.2) is 4.57 Å². The molecule has 0 radical (unpaired) electrons. The number of aromatic nitrogens is 2. The van der Waals surface area contributed by atoms with Crippen LogP contribution >= 0.6 is 12.6 Å². The Kier molecular flexibility index (Phi) is 4.32. The van der Waals surface area contributed by atoms with E-state index in [0.29, 0.717) is 5.89 Å². The number of anilines is 1. The van der Waals surface area contributed by atoms with Gasteiger partial charge in [-0.1, -0.05) is 18.2 Å². The van der Waals surface area contributed by atoms with Gasteiger partial charge in [0.05, 0.1) is 12.7 Å². The number of nitrogens with zero attached hydrogens (tertiary/aromatic N) is 3. The van der Waals surface area contributed by atoms with E-state index in [1.54, 1.807) is 0 Å². The van der Waals surface area contributed by atoms with Crippen molar-refractivity contribution in [3.05, 3.63) is 66.3 Å². The third-order valence-corrected chi connectivity index (χ3v) is 4.66. The predicted molar refractivity (Wildman–Crippen MR) is 105 cm³/mol. The molecule has 0 saturated heterocycles. The van der Waals surface area contributed by atoms with Crippen molar-refractivity contribution in [2.45, 2.75) is 13.0 Å². The number of para-hydroxylation sites is 1. The van der Waals surface area contributed by atoms with Gasteiger partial charge in [0, 0.05) is 35.6 Å². The van der Waals surface area contributed by atoms with Gasteiger partial charge in [0.1, 0.15) is 0 Å². The molecule has 0 spiro atoms. The zero-order valence-electron chi connectivity index (χ0n) is 14.1. The second-order valence-electron chi connectivity index (χ2n) is 6.06. The highest BCUT2D eigenvalue weighted by Gasteiger charge is 2.19. The summed E-state index contributed by atoms with van der Waals surface area (Å²) < 4.78 is 8.08. The van der Waals surface area contributed by atoms with Crippen molar-refractivity contribution in [2.24, 2.45) is 0 Å². The maximum Gasteiger partial charge on any atom is 0.370 e. The van der Waals surface area contributed by atoms with Crippen molar-refractivity contribution in [2.75, 3.05) is 17.7 Å². The molecule has 0 saturated carbocycles. The van der Waals surface area contributed by atoms with Crippen molar-refractivity contribution in [1.82, 2.24) is 4.98 Å². The average molecular weight is 350 g/mol. The molecule has 3 heterocycles. The van der Waals surface area contributed by atoms with Crippen molar-refractivity contribution in [3.63, 3.8) is 0 Å². The van der Waals surface area contributed by atoms with Gasteiger partial charge < -0.3 is 9.32 Å². The molecule has 126 valence electrons. The molecule has 4 nitrogen and oxygen atoms in total. The molecule has 0 N–H and O–H groups in total. The number of thiol groups is 1. The standard InChI is InChI=1S/C20H19N3OS/c1-22-12-9-15(16-6-2-3-7-17(16)22)14-19-21-20-18(24-19)8-4-10-23(20)11-5-13-25/h2-4,6-10,12,14H,5,11,13H2,1H3/p+1. The lowest BCUT2D eigenvalue weighted by Gasteiger charge is -2.23. The van der Waals surface area contributed by atoms with Crippen molar-refractivity contribution in [1.29, 1.82) is 0 Å². The number of aryl methyl sites for hydroxylation is 1. The van der Waals surface area contributed by atoms with Gasteiger partial charge in [-0.2, -0.15) is 12.6 Å². The summed E-state index contributed by atoms with van der Waals surface area (Å²) in [7, 11) is 2.05. The van der Waals surface area contributed by atoms with Crippen LogP contribution in [0.4, 0.5) is 5.69 Å². The highest BCUT2D eigenvalue weighted by molar-refractivity contribution is 7.80. The normalized spacial score (nSPS) is 15.1. The van der Waals surface area contributed by atoms with E-state index in [2.05, 4.69) is 65.7 Å². The van der Waals surface area contributed by atoms with E-state index in [4.69, 9.17) is 9.40 Å². The summed E-state index contributed by atoms with van der Waals surface area (Å²) >= 11 is 4.29. The number of allylic oxidation sites excluding steroid dienone is 2. The molecule has 2 aromatic heterocycles. The van der Waals surface area contributed by atoms with E-state index in [1.165, 1.54) is 11.3 Å². The molecule has 1 aliphatic heterocycles. The van der Waals surface area contributed by atoms with E-state index >= 15 is 0 Å². The number of fused-ring (bicyclic) bond motifs is 2. The molecule has 0 amide bonds. The molecule has 1 aromatic carbocycles. The Morgan fingerprint density at radius 3 is 3.00 bits per heavy atom. The van der Waals surface area contributed by atoms with Gasteiger partial charge >= 0.3 is 11.5 Å². The zero-order valence-corrected chi connectivity index (χ0v) is 15.0. The third kappa shape index (κ3) is 3.07. The van der Waals surface area contributed by atoms with Crippen LogP contribution in [0.1, 0.15) is 17.9 Å². The Balaban J connectivity index is 1.76. The lowest BCUT2D eigenvalue weighted by Crippen LogP contribution is -2.34. The fraction of sp³-hybridized carbons (Fsp3) is 0.200. The Bertz CT molecular complexity index is 974. The molecule has 4 rings (SSSR count). The second kappa shape index (κ2) is 6.76. The lowest BCUT2D eigenvalue weighted by atomic mass is 10.00. The van der Waals surface area contributed by atoms with Crippen LogP contribution in [-0.2, 0) is 6.54 Å². The molecule has 0 atom stereocenters. The molecular weight excluding hydrogens is 330 g/mol. The average Bonchev–Trinajstić information content (AvgIpc) is 3.06. The molecule has 0 unspecified atom stereocenters. The molecule has 3 aromatic rings. The highest BCUT2D eigenvalue weighted by atomic mass is 32.1. The SMILES string of the molecule is CN1C=C/C(=C\c2nc3c(ccc[n+]3CCCS)o2)c2ccccc21. The van der Waals surface area contributed by atoms with Gasteiger partial charge in [-0.3, -0.25) is 0 Å². The van der Waals surface area contributed by atoms with Crippen LogP contribution in [0.5, 0.6) is 0 Å². The summed E-state index contributed by atoms with van der Waals surface area (Å²) in [6, 6.07) is 12.3. The number of pyridine rings is 1. The minimum Gasteiger partial charge on any atom is -0.411 e. The topological polar surface area (TPSA) is 33.2 Å². The van der Waals surface area contributed by atoms with E-state index in [1.807, 2.05) is 24.4 Å². The minimum atomic E-state index is 0.625. The van der Waals surface area contributed by atoms with Gasteiger partial charge in [0.25, 0.3) is 0 Å². The largest absolute Gasteiger partial charge is 0.411 e. The molecule has 1 aliphatic rings. The number of hydrogen-bond donors (Lipinski definition) is 1. The minimum absolute atomic E-state index is 0.625. The Morgan fingerprint density at radius 1 is 1.24 bits per heavy atom. The van der Waals surface area contributed by atoms with Gasteiger partial charge in [0.2, 0.25) is 5.58 Å². The Hall–Kier alpha value is -2.53. The predicted octanol–water partition coefficient (Wildman–Crippen LogP) is 3.94. The van der Waals surface area contributed by atoms with Crippen LogP contribution in [0.3, 0.4) is 0 Å². The number of benzene rings is 1. The van der Waals surface area contributed by atoms with Gasteiger partial charge in [-0.15, -0.1) is 0 Å². The fourth-order valence-electron chi connectivity index (χ4n) is 3.09. The van der Waals surface area contributed by atoms with Crippen LogP contribution in [0.25, 0.3) is 22.9 Å². The molecule has 0 bridgehead atoms. The number of hydrogen-bond acceptors (Lipinski definition) is 4. The Labute approximate surface area is 152 Å². The summed E-state index contributed by atoms with van der Waals surface area (Å²) in [5.41, 5.74) is 5.14. The maximum absolute atomic E-state index is 5.96.